The fourth-order valence-corrected chi connectivity index (χ4v) is 3.64. The summed E-state index contributed by atoms with van der Waals surface area (Å²) in [7, 11) is 0. The number of nitrogens with two attached hydrogens (primary N) is 1. The first-order chi connectivity index (χ1) is 11.9. The van der Waals surface area contributed by atoms with Crippen LogP contribution in [0.2, 0.25) is 0 Å². The molecular weight excluding hydrogens is 389 g/mol. The molecule has 154 valence electrons. The van der Waals surface area contributed by atoms with Crippen LogP contribution in [0.1, 0.15) is 32.3 Å². The highest BCUT2D eigenvalue weighted by Gasteiger charge is 2.35. The lowest BCUT2D eigenvalue weighted by molar-refractivity contribution is -0.124. The van der Waals surface area contributed by atoms with E-state index in [1.54, 1.807) is 0 Å². The Hall–Kier alpha value is -0.890. The minimum atomic E-state index is -0.830. The molecule has 2 aliphatic rings. The zero-order valence-electron chi connectivity index (χ0n) is 16.0. The predicted octanol–water partition coefficient (Wildman–Crippen LogP) is 2.59. The normalized spacial score (nSPS) is 25.0. The van der Waals surface area contributed by atoms with E-state index in [9.17, 15) is 4.79 Å². The molecule has 2 saturated heterocycles. The average Bonchev–Trinajstić information content (AvgIpc) is 2.55. The van der Waals surface area contributed by atoms with Crippen LogP contribution in [0.3, 0.4) is 0 Å². The molecule has 8 heteroatoms. The molecule has 1 amide bonds. The van der Waals surface area contributed by atoms with E-state index in [1.807, 2.05) is 18.2 Å². The number of rotatable bonds is 4. The van der Waals surface area contributed by atoms with Crippen molar-refractivity contribution < 1.29 is 14.3 Å². The van der Waals surface area contributed by atoms with Crippen molar-refractivity contribution in [2.45, 2.75) is 51.0 Å². The second-order valence-corrected chi connectivity index (χ2v) is 7.37. The van der Waals surface area contributed by atoms with E-state index >= 15 is 0 Å². The molecule has 0 radical (unpaired) electrons. The van der Waals surface area contributed by atoms with Gasteiger partial charge in [0.15, 0.2) is 0 Å². The molecule has 3 rings (SSSR count). The molecule has 0 aromatic heterocycles. The highest BCUT2D eigenvalue weighted by molar-refractivity contribution is 5.98. The van der Waals surface area contributed by atoms with Gasteiger partial charge in [-0.05, 0) is 44.4 Å². The highest BCUT2D eigenvalue weighted by Crippen LogP contribution is 2.21. The van der Waals surface area contributed by atoms with E-state index in [2.05, 4.69) is 30.1 Å². The molecule has 0 aliphatic carbocycles. The van der Waals surface area contributed by atoms with Gasteiger partial charge in [0.05, 0.1) is 12.2 Å². The maximum absolute atomic E-state index is 12.6. The Balaban J connectivity index is 0.00000182. The number of morpholine rings is 1. The molecule has 1 aromatic rings. The zero-order chi connectivity index (χ0) is 17.9. The average molecular weight is 420 g/mol. The number of nitrogens with zero attached hydrogens (tertiary/aromatic N) is 1. The van der Waals surface area contributed by atoms with Crippen LogP contribution in [0, 0.1) is 0 Å². The second-order valence-electron chi connectivity index (χ2n) is 7.37. The van der Waals surface area contributed by atoms with Crippen molar-refractivity contribution in [3.8, 4) is 0 Å². The number of hydrogen-bond donors (Lipinski definition) is 2. The molecule has 1 aromatic carbocycles. The third-order valence-electron chi connectivity index (χ3n) is 4.92. The van der Waals surface area contributed by atoms with Gasteiger partial charge in [-0.2, -0.15) is 0 Å². The van der Waals surface area contributed by atoms with E-state index in [0.29, 0.717) is 26.1 Å². The van der Waals surface area contributed by atoms with Crippen LogP contribution in [0.15, 0.2) is 24.3 Å². The number of hydrogen-bond acceptors (Lipinski definition) is 5. The Labute approximate surface area is 174 Å². The van der Waals surface area contributed by atoms with Gasteiger partial charge in [-0.3, -0.25) is 9.69 Å². The zero-order valence-corrected chi connectivity index (χ0v) is 17.6. The van der Waals surface area contributed by atoms with Gasteiger partial charge in [0.25, 0.3) is 0 Å². The fourth-order valence-electron chi connectivity index (χ4n) is 3.64. The monoisotopic (exact) mass is 419 g/mol. The molecule has 2 atom stereocenters. The third kappa shape index (κ3) is 6.59. The van der Waals surface area contributed by atoms with Gasteiger partial charge in [0.1, 0.15) is 5.54 Å². The summed E-state index contributed by atoms with van der Waals surface area (Å²) in [6.07, 6.45) is 1.61. The molecule has 0 spiro atoms. The van der Waals surface area contributed by atoms with E-state index < -0.39 is 5.54 Å². The summed E-state index contributed by atoms with van der Waals surface area (Å²) in [5.41, 5.74) is 7.40. The maximum atomic E-state index is 12.6. The van der Waals surface area contributed by atoms with Crippen LogP contribution in [0.25, 0.3) is 0 Å². The molecule has 2 heterocycles. The minimum absolute atomic E-state index is 0. The molecule has 6 nitrogen and oxygen atoms in total. The lowest BCUT2D eigenvalue weighted by Gasteiger charge is -2.35. The molecule has 0 saturated carbocycles. The number of nitrogens with one attached hydrogen (secondary N) is 1. The third-order valence-corrected chi connectivity index (χ3v) is 4.92. The number of carbonyl (C=O) groups excluding carboxylic acids is 1. The number of halogens is 2. The number of amides is 1. The molecular formula is C19H31Cl2N3O3. The van der Waals surface area contributed by atoms with Crippen molar-refractivity contribution in [1.82, 2.24) is 4.90 Å². The van der Waals surface area contributed by atoms with Gasteiger partial charge in [-0.1, -0.05) is 12.1 Å². The van der Waals surface area contributed by atoms with Gasteiger partial charge >= 0.3 is 0 Å². The fraction of sp³-hybridized carbons (Fsp3) is 0.632. The van der Waals surface area contributed by atoms with Crippen molar-refractivity contribution in [3.05, 3.63) is 29.8 Å². The Bertz CT molecular complexity index is 602. The maximum Gasteiger partial charge on any atom is 0.244 e. The summed E-state index contributed by atoms with van der Waals surface area (Å²) in [5.74, 6) is -0.124. The molecule has 0 bridgehead atoms. The lowest BCUT2D eigenvalue weighted by Crippen LogP contribution is -2.54. The highest BCUT2D eigenvalue weighted by atomic mass is 35.5. The number of carbonyl (C=O) groups is 1. The van der Waals surface area contributed by atoms with Crippen LogP contribution >= 0.6 is 24.8 Å². The molecule has 2 fully saturated rings. The van der Waals surface area contributed by atoms with E-state index in [-0.39, 0.29) is 42.9 Å². The lowest BCUT2D eigenvalue weighted by atomic mass is 9.90. The Kier molecular flexibility index (Phi) is 9.48. The summed E-state index contributed by atoms with van der Waals surface area (Å²) >= 11 is 0. The van der Waals surface area contributed by atoms with Crippen molar-refractivity contribution in [2.24, 2.45) is 5.73 Å². The van der Waals surface area contributed by atoms with Crippen molar-refractivity contribution in [3.63, 3.8) is 0 Å². The molecule has 27 heavy (non-hydrogen) atoms. The van der Waals surface area contributed by atoms with Gasteiger partial charge in [0.2, 0.25) is 5.91 Å². The van der Waals surface area contributed by atoms with Crippen LogP contribution in [0.4, 0.5) is 5.69 Å². The second kappa shape index (κ2) is 10.6. The number of ether oxygens (including phenoxy) is 2. The van der Waals surface area contributed by atoms with Crippen molar-refractivity contribution in [1.29, 1.82) is 0 Å². The molecule has 2 aliphatic heterocycles. The van der Waals surface area contributed by atoms with Gasteiger partial charge < -0.3 is 20.5 Å². The Morgan fingerprint density at radius 3 is 2.48 bits per heavy atom. The smallest absolute Gasteiger partial charge is 0.244 e. The Morgan fingerprint density at radius 2 is 1.85 bits per heavy atom. The first kappa shape index (κ1) is 24.1. The predicted molar refractivity (Wildman–Crippen MR) is 112 cm³/mol. The van der Waals surface area contributed by atoms with Crippen molar-refractivity contribution >= 4 is 36.4 Å². The van der Waals surface area contributed by atoms with Crippen LogP contribution in [-0.4, -0.2) is 54.9 Å². The minimum Gasteiger partial charge on any atom is -0.381 e. The number of anilines is 1. The van der Waals surface area contributed by atoms with Gasteiger partial charge in [0, 0.05) is 38.5 Å². The van der Waals surface area contributed by atoms with Gasteiger partial charge in [-0.25, -0.2) is 0 Å². The van der Waals surface area contributed by atoms with Crippen LogP contribution in [0.5, 0.6) is 0 Å². The topological polar surface area (TPSA) is 76.8 Å². The number of benzene rings is 1. The largest absolute Gasteiger partial charge is 0.381 e. The van der Waals surface area contributed by atoms with Crippen LogP contribution < -0.4 is 11.1 Å². The van der Waals surface area contributed by atoms with E-state index in [0.717, 1.165) is 25.3 Å². The van der Waals surface area contributed by atoms with E-state index in [1.165, 1.54) is 5.56 Å². The first-order valence-electron chi connectivity index (χ1n) is 9.09. The van der Waals surface area contributed by atoms with Crippen molar-refractivity contribution in [2.75, 3.05) is 31.6 Å². The Morgan fingerprint density at radius 1 is 1.22 bits per heavy atom. The summed E-state index contributed by atoms with van der Waals surface area (Å²) < 4.78 is 11.1. The first-order valence-corrected chi connectivity index (χ1v) is 9.09. The summed E-state index contributed by atoms with van der Waals surface area (Å²) in [5, 5.41) is 2.98. The van der Waals surface area contributed by atoms with E-state index in [4.69, 9.17) is 15.2 Å². The van der Waals surface area contributed by atoms with Gasteiger partial charge in [-0.15, -0.1) is 24.8 Å². The standard InChI is InChI=1S/C19H29N3O3.2ClH/c1-14-11-22(12-15(2)25-14)13-16-4-3-5-17(10-16)21-18(23)19(20)6-8-24-9-7-19;;/h3-5,10,14-15H,6-9,11-13,20H2,1-2H3,(H,21,23);2*1H. The quantitative estimate of drug-likeness (QED) is 0.783. The summed E-state index contributed by atoms with van der Waals surface area (Å²) in [6, 6.07) is 8.01. The summed E-state index contributed by atoms with van der Waals surface area (Å²) in [6.45, 7) is 7.99. The summed E-state index contributed by atoms with van der Waals surface area (Å²) in [4.78, 5) is 14.9. The molecule has 3 N–H and O–H groups in total. The van der Waals surface area contributed by atoms with Crippen LogP contribution in [-0.2, 0) is 20.8 Å². The molecule has 2 unspecified atom stereocenters. The SMILES string of the molecule is CC1CN(Cc2cccc(NC(=O)C3(N)CCOCC3)c2)CC(C)O1.Cl.Cl.